The van der Waals surface area contributed by atoms with Crippen LogP contribution in [0.15, 0.2) is 48.5 Å². The SMILES string of the molecule is COc1ccc(C(O)CNC(C)CCN(C)c2ccccc2)cc1C(N)=O. The molecule has 0 aromatic heterocycles. The van der Waals surface area contributed by atoms with Crippen molar-refractivity contribution < 1.29 is 14.6 Å². The summed E-state index contributed by atoms with van der Waals surface area (Å²) in [5.74, 6) is -0.171. The Kier molecular flexibility index (Phi) is 7.64. The van der Waals surface area contributed by atoms with Crippen LogP contribution < -0.4 is 20.7 Å². The Morgan fingerprint density at radius 1 is 1.26 bits per heavy atom. The third-order valence-corrected chi connectivity index (χ3v) is 4.63. The van der Waals surface area contributed by atoms with E-state index in [0.29, 0.717) is 17.9 Å². The zero-order chi connectivity index (χ0) is 19.8. The molecule has 2 unspecified atom stereocenters. The molecule has 2 aromatic carbocycles. The summed E-state index contributed by atoms with van der Waals surface area (Å²) in [6.07, 6.45) is 0.205. The Morgan fingerprint density at radius 2 is 1.96 bits per heavy atom. The first-order valence-corrected chi connectivity index (χ1v) is 9.07. The van der Waals surface area contributed by atoms with Crippen molar-refractivity contribution in [3.63, 3.8) is 0 Å². The zero-order valence-corrected chi connectivity index (χ0v) is 16.2. The largest absolute Gasteiger partial charge is 0.496 e. The number of benzene rings is 2. The lowest BCUT2D eigenvalue weighted by molar-refractivity contribution is 0.0997. The van der Waals surface area contributed by atoms with Crippen LogP contribution in [0.4, 0.5) is 5.69 Å². The van der Waals surface area contributed by atoms with Gasteiger partial charge in [0.05, 0.1) is 18.8 Å². The van der Waals surface area contributed by atoms with Gasteiger partial charge < -0.3 is 25.8 Å². The molecule has 0 saturated carbocycles. The Morgan fingerprint density at radius 3 is 2.59 bits per heavy atom. The molecule has 146 valence electrons. The number of carbonyl (C=O) groups excluding carboxylic acids is 1. The van der Waals surface area contributed by atoms with Crippen LogP contribution in [0.25, 0.3) is 0 Å². The average molecular weight is 371 g/mol. The minimum absolute atomic E-state index is 0.236. The highest BCUT2D eigenvalue weighted by atomic mass is 16.5. The quantitative estimate of drug-likeness (QED) is 0.597. The Labute approximate surface area is 160 Å². The Bertz CT molecular complexity index is 737. The van der Waals surface area contributed by atoms with Crippen LogP contribution in [0, 0.1) is 0 Å². The van der Waals surface area contributed by atoms with Gasteiger partial charge in [0.1, 0.15) is 5.75 Å². The second-order valence-electron chi connectivity index (χ2n) is 6.69. The summed E-state index contributed by atoms with van der Waals surface area (Å²) in [5.41, 5.74) is 7.46. The van der Waals surface area contributed by atoms with E-state index < -0.39 is 12.0 Å². The second-order valence-corrected chi connectivity index (χ2v) is 6.69. The molecule has 0 aliphatic rings. The molecule has 1 amide bonds. The molecule has 0 radical (unpaired) electrons. The van der Waals surface area contributed by atoms with Gasteiger partial charge in [-0.1, -0.05) is 24.3 Å². The van der Waals surface area contributed by atoms with Gasteiger partial charge in [0.25, 0.3) is 5.91 Å². The van der Waals surface area contributed by atoms with Crippen molar-refractivity contribution in [1.29, 1.82) is 0 Å². The molecule has 2 rings (SSSR count). The van der Waals surface area contributed by atoms with Gasteiger partial charge >= 0.3 is 0 Å². The number of ether oxygens (including phenoxy) is 1. The fourth-order valence-corrected chi connectivity index (χ4v) is 2.86. The smallest absolute Gasteiger partial charge is 0.252 e. The van der Waals surface area contributed by atoms with E-state index in [4.69, 9.17) is 10.5 Å². The maximum atomic E-state index is 11.5. The first-order valence-electron chi connectivity index (χ1n) is 9.07. The van der Waals surface area contributed by atoms with E-state index in [-0.39, 0.29) is 11.6 Å². The number of amides is 1. The van der Waals surface area contributed by atoms with Crippen LogP contribution in [-0.4, -0.2) is 44.3 Å². The normalized spacial score (nSPS) is 13.0. The number of nitrogens with two attached hydrogens (primary N) is 1. The zero-order valence-electron chi connectivity index (χ0n) is 16.2. The maximum absolute atomic E-state index is 11.5. The molecule has 0 saturated heterocycles. The molecular formula is C21H29N3O3. The molecule has 0 aliphatic heterocycles. The predicted molar refractivity (Wildman–Crippen MR) is 108 cm³/mol. The fraction of sp³-hybridized carbons (Fsp3) is 0.381. The van der Waals surface area contributed by atoms with E-state index in [9.17, 15) is 9.90 Å². The van der Waals surface area contributed by atoms with Gasteiger partial charge in [-0.15, -0.1) is 0 Å². The van der Waals surface area contributed by atoms with E-state index >= 15 is 0 Å². The molecule has 0 spiro atoms. The molecule has 6 nitrogen and oxygen atoms in total. The van der Waals surface area contributed by atoms with Crippen LogP contribution in [-0.2, 0) is 0 Å². The van der Waals surface area contributed by atoms with Crippen LogP contribution in [0.1, 0.15) is 35.4 Å². The van der Waals surface area contributed by atoms with Gasteiger partial charge in [0.2, 0.25) is 0 Å². The van der Waals surface area contributed by atoms with Crippen LogP contribution in [0.5, 0.6) is 5.75 Å². The average Bonchev–Trinajstić information content (AvgIpc) is 2.70. The lowest BCUT2D eigenvalue weighted by Crippen LogP contribution is -2.33. The highest BCUT2D eigenvalue weighted by molar-refractivity contribution is 5.95. The number of carbonyl (C=O) groups is 1. The van der Waals surface area contributed by atoms with Gasteiger partial charge in [0.15, 0.2) is 0 Å². The number of para-hydroxylation sites is 1. The van der Waals surface area contributed by atoms with Crippen molar-refractivity contribution >= 4 is 11.6 Å². The molecule has 0 bridgehead atoms. The number of primary amides is 1. The fourth-order valence-electron chi connectivity index (χ4n) is 2.86. The lowest BCUT2D eigenvalue weighted by atomic mass is 10.0. The number of hydrogen-bond acceptors (Lipinski definition) is 5. The maximum Gasteiger partial charge on any atom is 0.252 e. The monoisotopic (exact) mass is 371 g/mol. The van der Waals surface area contributed by atoms with Gasteiger partial charge in [-0.3, -0.25) is 4.79 Å². The topological polar surface area (TPSA) is 87.8 Å². The third-order valence-electron chi connectivity index (χ3n) is 4.63. The summed E-state index contributed by atoms with van der Waals surface area (Å²) in [5, 5.41) is 13.8. The van der Waals surface area contributed by atoms with Crippen LogP contribution in [0.2, 0.25) is 0 Å². The van der Waals surface area contributed by atoms with E-state index in [1.165, 1.54) is 12.8 Å². The number of nitrogens with zero attached hydrogens (tertiary/aromatic N) is 1. The number of hydrogen-bond donors (Lipinski definition) is 3. The number of anilines is 1. The van der Waals surface area contributed by atoms with Crippen LogP contribution in [0.3, 0.4) is 0 Å². The molecule has 6 heteroatoms. The minimum atomic E-state index is -0.733. The van der Waals surface area contributed by atoms with Crippen LogP contribution >= 0.6 is 0 Å². The van der Waals surface area contributed by atoms with Crippen molar-refractivity contribution in [1.82, 2.24) is 5.32 Å². The summed E-state index contributed by atoms with van der Waals surface area (Å²) >= 11 is 0. The summed E-state index contributed by atoms with van der Waals surface area (Å²) in [4.78, 5) is 13.7. The molecule has 0 aliphatic carbocycles. The van der Waals surface area contributed by atoms with Gasteiger partial charge in [-0.25, -0.2) is 0 Å². The molecule has 2 atom stereocenters. The first-order chi connectivity index (χ1) is 12.9. The molecule has 4 N–H and O–H groups in total. The third kappa shape index (κ3) is 5.98. The van der Waals surface area contributed by atoms with Gasteiger partial charge in [0, 0.05) is 31.9 Å². The van der Waals surface area contributed by atoms with E-state index in [0.717, 1.165) is 13.0 Å². The molecule has 27 heavy (non-hydrogen) atoms. The Balaban J connectivity index is 1.85. The number of methoxy groups -OCH3 is 1. The number of rotatable bonds is 10. The van der Waals surface area contributed by atoms with Crippen molar-refractivity contribution in [3.05, 3.63) is 59.7 Å². The van der Waals surface area contributed by atoms with Gasteiger partial charge in [-0.05, 0) is 43.2 Å². The van der Waals surface area contributed by atoms with E-state index in [1.54, 1.807) is 18.2 Å². The van der Waals surface area contributed by atoms with Crippen molar-refractivity contribution in [2.75, 3.05) is 32.1 Å². The number of aliphatic hydroxyl groups is 1. The molecule has 0 fully saturated rings. The number of nitrogens with one attached hydrogen (secondary N) is 1. The summed E-state index contributed by atoms with van der Waals surface area (Å²) in [6.45, 7) is 3.39. The standard InChI is InChI=1S/C21H29N3O3/c1-15(11-12-24(2)17-7-5-4-6-8-17)23-14-19(25)16-9-10-20(27-3)18(13-16)21(22)26/h4-10,13,15,19,23,25H,11-12,14H2,1-3H3,(H2,22,26). The van der Waals surface area contributed by atoms with Crippen molar-refractivity contribution in [2.45, 2.75) is 25.5 Å². The van der Waals surface area contributed by atoms with Crippen molar-refractivity contribution in [3.8, 4) is 5.75 Å². The number of aliphatic hydroxyl groups excluding tert-OH is 1. The predicted octanol–water partition coefficient (Wildman–Crippen LogP) is 2.33. The highest BCUT2D eigenvalue weighted by Crippen LogP contribution is 2.23. The first kappa shape index (κ1) is 20.7. The van der Waals surface area contributed by atoms with E-state index in [1.807, 2.05) is 18.2 Å². The summed E-state index contributed by atoms with van der Waals surface area (Å²) < 4.78 is 5.13. The van der Waals surface area contributed by atoms with E-state index in [2.05, 4.69) is 36.3 Å². The molecule has 0 heterocycles. The molecular weight excluding hydrogens is 342 g/mol. The summed E-state index contributed by atoms with van der Waals surface area (Å²) in [6, 6.07) is 15.4. The highest BCUT2D eigenvalue weighted by Gasteiger charge is 2.15. The van der Waals surface area contributed by atoms with Gasteiger partial charge in [-0.2, -0.15) is 0 Å². The van der Waals surface area contributed by atoms with Crippen molar-refractivity contribution in [2.24, 2.45) is 5.73 Å². The summed E-state index contributed by atoms with van der Waals surface area (Å²) in [7, 11) is 3.55. The minimum Gasteiger partial charge on any atom is -0.496 e. The molecule has 2 aromatic rings. The Hall–Kier alpha value is -2.57. The lowest BCUT2D eigenvalue weighted by Gasteiger charge is -2.23. The second kappa shape index (κ2) is 9.94.